The van der Waals surface area contributed by atoms with E-state index in [-0.39, 0.29) is 0 Å². The Morgan fingerprint density at radius 2 is 1.89 bits per heavy atom. The van der Waals surface area contributed by atoms with Crippen LogP contribution in [0, 0.1) is 0 Å². The molecule has 3 nitrogen and oxygen atoms in total. The third-order valence-electron chi connectivity index (χ3n) is 2.99. The maximum Gasteiger partial charge on any atom is 0.345 e. The van der Waals surface area contributed by atoms with Crippen LogP contribution in [-0.2, 0) is 19.5 Å². The summed E-state index contributed by atoms with van der Waals surface area (Å²) in [6.45, 7) is 3.66. The molecule has 0 saturated heterocycles. The highest BCUT2D eigenvalue weighted by Gasteiger charge is 2.06. The molecule has 1 aromatic carbocycles. The lowest BCUT2D eigenvalue weighted by atomic mass is 10.1. The fourth-order valence-corrected chi connectivity index (χ4v) is 2.80. The van der Waals surface area contributed by atoms with Gasteiger partial charge < -0.3 is 10.4 Å². The number of benzene rings is 1. The van der Waals surface area contributed by atoms with Crippen LogP contribution in [0.4, 0.5) is 0 Å². The molecular formula is C15H17NO2S. The quantitative estimate of drug-likeness (QED) is 0.850. The van der Waals surface area contributed by atoms with Crippen LogP contribution in [0.25, 0.3) is 0 Å². The van der Waals surface area contributed by atoms with Gasteiger partial charge in [-0.05, 0) is 29.7 Å². The summed E-state index contributed by atoms with van der Waals surface area (Å²) in [5.74, 6) is -0.854. The summed E-state index contributed by atoms with van der Waals surface area (Å²) >= 11 is 1.32. The average Bonchev–Trinajstić information content (AvgIpc) is 2.88. The zero-order valence-electron chi connectivity index (χ0n) is 10.8. The minimum atomic E-state index is -0.854. The zero-order valence-corrected chi connectivity index (χ0v) is 11.7. The molecule has 0 aliphatic rings. The fraction of sp³-hybridized carbons (Fsp3) is 0.267. The Labute approximate surface area is 116 Å². The number of hydrogen-bond donors (Lipinski definition) is 2. The number of thiophene rings is 1. The highest BCUT2D eigenvalue weighted by Crippen LogP contribution is 2.16. The second-order valence-corrected chi connectivity index (χ2v) is 5.47. The van der Waals surface area contributed by atoms with Gasteiger partial charge in [-0.15, -0.1) is 11.3 Å². The molecule has 0 unspecified atom stereocenters. The predicted molar refractivity (Wildman–Crippen MR) is 77.6 cm³/mol. The minimum absolute atomic E-state index is 0.394. The highest BCUT2D eigenvalue weighted by atomic mass is 32.1. The number of nitrogens with one attached hydrogen (secondary N) is 1. The molecular weight excluding hydrogens is 258 g/mol. The first-order valence-electron chi connectivity index (χ1n) is 6.30. The van der Waals surface area contributed by atoms with Gasteiger partial charge in [0.1, 0.15) is 4.88 Å². The monoisotopic (exact) mass is 275 g/mol. The molecule has 0 aliphatic heterocycles. The molecule has 0 spiro atoms. The molecule has 4 heteroatoms. The average molecular weight is 275 g/mol. The van der Waals surface area contributed by atoms with Gasteiger partial charge >= 0.3 is 5.97 Å². The summed E-state index contributed by atoms with van der Waals surface area (Å²) in [7, 11) is 0. The summed E-state index contributed by atoms with van der Waals surface area (Å²) in [5.41, 5.74) is 2.66. The molecule has 2 N–H and O–H groups in total. The van der Waals surface area contributed by atoms with Gasteiger partial charge in [0.15, 0.2) is 0 Å². The van der Waals surface area contributed by atoms with Crippen molar-refractivity contribution in [1.29, 1.82) is 0 Å². The topological polar surface area (TPSA) is 49.3 Å². The Hall–Kier alpha value is -1.65. The molecule has 1 heterocycles. The molecule has 2 aromatic rings. The molecule has 0 atom stereocenters. The van der Waals surface area contributed by atoms with Crippen molar-refractivity contribution < 1.29 is 9.90 Å². The van der Waals surface area contributed by atoms with E-state index in [1.807, 2.05) is 12.1 Å². The van der Waals surface area contributed by atoms with Gasteiger partial charge in [-0.25, -0.2) is 4.79 Å². The molecule has 1 aromatic heterocycles. The van der Waals surface area contributed by atoms with Crippen molar-refractivity contribution in [2.45, 2.75) is 26.4 Å². The Balaban J connectivity index is 1.90. The molecule has 100 valence electrons. The standard InChI is InChI=1S/C15H17NO2S/c1-2-11-5-3-4-6-12(11)9-16-10-13-7-8-14(19-13)15(17)18/h3-8,16H,2,9-10H2,1H3,(H,17,18). The van der Waals surface area contributed by atoms with E-state index in [1.54, 1.807) is 6.07 Å². The summed E-state index contributed by atoms with van der Waals surface area (Å²) in [4.78, 5) is 12.2. The summed E-state index contributed by atoms with van der Waals surface area (Å²) < 4.78 is 0. The van der Waals surface area contributed by atoms with Gasteiger partial charge in [0.05, 0.1) is 0 Å². The van der Waals surface area contributed by atoms with Gasteiger partial charge in [-0.2, -0.15) is 0 Å². The third kappa shape index (κ3) is 3.66. The van der Waals surface area contributed by atoms with Gasteiger partial charge in [0.2, 0.25) is 0 Å². The maximum atomic E-state index is 10.8. The number of carboxylic acid groups (broad SMARTS) is 1. The van der Waals surface area contributed by atoms with E-state index in [9.17, 15) is 4.79 Å². The number of aromatic carboxylic acids is 1. The van der Waals surface area contributed by atoms with E-state index in [0.29, 0.717) is 11.4 Å². The van der Waals surface area contributed by atoms with E-state index in [4.69, 9.17) is 5.11 Å². The van der Waals surface area contributed by atoms with Gasteiger partial charge in [0.25, 0.3) is 0 Å². The van der Waals surface area contributed by atoms with Crippen LogP contribution < -0.4 is 5.32 Å². The molecule has 19 heavy (non-hydrogen) atoms. The molecule has 0 saturated carbocycles. The zero-order chi connectivity index (χ0) is 13.7. The molecule has 0 fully saturated rings. The van der Waals surface area contributed by atoms with Crippen molar-refractivity contribution in [3.8, 4) is 0 Å². The smallest absolute Gasteiger partial charge is 0.345 e. The van der Waals surface area contributed by atoms with E-state index in [0.717, 1.165) is 17.8 Å². The van der Waals surface area contributed by atoms with Gasteiger partial charge in [0, 0.05) is 18.0 Å². The normalized spacial score (nSPS) is 10.6. The van der Waals surface area contributed by atoms with E-state index in [2.05, 4.69) is 30.4 Å². The highest BCUT2D eigenvalue weighted by molar-refractivity contribution is 7.13. The van der Waals surface area contributed by atoms with Crippen LogP contribution in [0.1, 0.15) is 32.6 Å². The first kappa shape index (κ1) is 13.8. The van der Waals surface area contributed by atoms with Crippen LogP contribution in [0.2, 0.25) is 0 Å². The molecule has 0 amide bonds. The fourth-order valence-electron chi connectivity index (χ4n) is 1.98. The van der Waals surface area contributed by atoms with Gasteiger partial charge in [-0.1, -0.05) is 31.2 Å². The Bertz CT molecular complexity index is 563. The van der Waals surface area contributed by atoms with Crippen molar-refractivity contribution in [3.63, 3.8) is 0 Å². The number of aryl methyl sites for hydroxylation is 1. The van der Waals surface area contributed by atoms with Crippen LogP contribution in [0.15, 0.2) is 36.4 Å². The summed E-state index contributed by atoms with van der Waals surface area (Å²) in [6, 6.07) is 11.9. The summed E-state index contributed by atoms with van der Waals surface area (Å²) in [6.07, 6.45) is 1.03. The molecule has 0 aliphatic carbocycles. The Kier molecular flexibility index (Phi) is 4.71. The number of carbonyl (C=O) groups is 1. The predicted octanol–water partition coefficient (Wildman–Crippen LogP) is 3.30. The first-order chi connectivity index (χ1) is 9.20. The van der Waals surface area contributed by atoms with Crippen molar-refractivity contribution >= 4 is 17.3 Å². The number of rotatable bonds is 6. The van der Waals surface area contributed by atoms with Gasteiger partial charge in [-0.3, -0.25) is 0 Å². The van der Waals surface area contributed by atoms with Crippen molar-refractivity contribution in [1.82, 2.24) is 5.32 Å². The van der Waals surface area contributed by atoms with E-state index < -0.39 is 5.97 Å². The van der Waals surface area contributed by atoms with Crippen LogP contribution >= 0.6 is 11.3 Å². The molecule has 2 rings (SSSR count). The number of hydrogen-bond acceptors (Lipinski definition) is 3. The van der Waals surface area contributed by atoms with Crippen LogP contribution in [-0.4, -0.2) is 11.1 Å². The van der Waals surface area contributed by atoms with Crippen molar-refractivity contribution in [2.75, 3.05) is 0 Å². The van der Waals surface area contributed by atoms with Crippen LogP contribution in [0.3, 0.4) is 0 Å². The Morgan fingerprint density at radius 1 is 1.16 bits per heavy atom. The largest absolute Gasteiger partial charge is 0.477 e. The lowest BCUT2D eigenvalue weighted by Gasteiger charge is -2.08. The molecule has 0 radical (unpaired) electrons. The lowest BCUT2D eigenvalue weighted by Crippen LogP contribution is -2.13. The molecule has 0 bridgehead atoms. The Morgan fingerprint density at radius 3 is 2.53 bits per heavy atom. The second-order valence-electron chi connectivity index (χ2n) is 4.30. The SMILES string of the molecule is CCc1ccccc1CNCc1ccc(C(=O)O)s1. The first-order valence-corrected chi connectivity index (χ1v) is 7.12. The van der Waals surface area contributed by atoms with E-state index in [1.165, 1.54) is 22.5 Å². The van der Waals surface area contributed by atoms with E-state index >= 15 is 0 Å². The number of carboxylic acids is 1. The lowest BCUT2D eigenvalue weighted by molar-refractivity contribution is 0.0702. The maximum absolute atomic E-state index is 10.8. The third-order valence-corrected chi connectivity index (χ3v) is 4.06. The van der Waals surface area contributed by atoms with Crippen molar-refractivity contribution in [3.05, 3.63) is 57.3 Å². The van der Waals surface area contributed by atoms with Crippen molar-refractivity contribution in [2.24, 2.45) is 0 Å². The van der Waals surface area contributed by atoms with Crippen LogP contribution in [0.5, 0.6) is 0 Å². The minimum Gasteiger partial charge on any atom is -0.477 e. The summed E-state index contributed by atoms with van der Waals surface area (Å²) in [5, 5.41) is 12.2. The second kappa shape index (κ2) is 6.50.